The molecule has 4 atom stereocenters. The van der Waals surface area contributed by atoms with Gasteiger partial charge in [-0.2, -0.15) is 12.3 Å². The molecule has 0 aromatic heterocycles. The second-order valence-electron chi connectivity index (χ2n) is 12.3. The standard InChI is InChI=1S/C38H39N4O8/c1-6-14-47-38(45)50-35-22(3)36-37(49-20-48-36)32-25(35)17-27-31-24(15-21(2)34(46-5)33(31)44)16-26(40-4)28(18-39)42(27)29(32)19-41-30(43)13-12-23-10-8-7-9-11-23/h6-13,15,26-29,44H,1,14,16-17,19-20H2,2-5H3,(H,41,43)/q-1/b13-12+/t26-,27-,28-,29-/m0/s1. The lowest BCUT2D eigenvalue weighted by Gasteiger charge is -2.48. The summed E-state index contributed by atoms with van der Waals surface area (Å²) in [5.74, 6) is 0.940. The maximum atomic E-state index is 13.3. The van der Waals surface area contributed by atoms with Crippen LogP contribution >= 0.6 is 0 Å². The fourth-order valence-electron chi connectivity index (χ4n) is 7.37. The number of aromatic hydroxyl groups is 1. The summed E-state index contributed by atoms with van der Waals surface area (Å²) in [5.41, 5.74) is 4.68. The summed E-state index contributed by atoms with van der Waals surface area (Å²) in [5, 5.41) is 30.3. The summed E-state index contributed by atoms with van der Waals surface area (Å²) in [6.07, 6.45) is 4.22. The molecule has 260 valence electrons. The number of aryl methyl sites for hydroxylation is 1. The zero-order chi connectivity index (χ0) is 35.5. The molecule has 0 saturated carbocycles. The molecule has 1 amide bonds. The number of amides is 1. The molecule has 0 fully saturated rings. The summed E-state index contributed by atoms with van der Waals surface area (Å²) in [6.45, 7) is 7.10. The van der Waals surface area contributed by atoms with Crippen LogP contribution in [0.3, 0.4) is 0 Å². The molecule has 0 saturated heterocycles. The third-order valence-electron chi connectivity index (χ3n) is 9.47. The number of fused-ring (bicyclic) bond motifs is 6. The second-order valence-corrected chi connectivity index (χ2v) is 12.3. The third kappa shape index (κ3) is 6.21. The first-order valence-electron chi connectivity index (χ1n) is 16.3. The number of phenols is 1. The number of methoxy groups -OCH3 is 1. The molecule has 3 aromatic rings. The molecule has 6 rings (SSSR count). The molecule has 3 aromatic carbocycles. The van der Waals surface area contributed by atoms with Gasteiger partial charge in [0.05, 0.1) is 25.3 Å². The summed E-state index contributed by atoms with van der Waals surface area (Å²) in [6, 6.07) is 11.2. The molecule has 0 spiro atoms. The van der Waals surface area contributed by atoms with Gasteiger partial charge >= 0.3 is 6.16 Å². The van der Waals surface area contributed by atoms with Crippen LogP contribution in [0.25, 0.3) is 11.4 Å². The molecule has 3 aliphatic heterocycles. The molecule has 3 aliphatic rings. The number of rotatable bonds is 9. The lowest BCUT2D eigenvalue weighted by atomic mass is 9.81. The molecular formula is C38H39N4O8-. The van der Waals surface area contributed by atoms with E-state index in [4.69, 9.17) is 23.7 Å². The molecule has 12 nitrogen and oxygen atoms in total. The predicted octanol–water partition coefficient (Wildman–Crippen LogP) is 5.74. The Kier molecular flexibility index (Phi) is 9.99. The van der Waals surface area contributed by atoms with Gasteiger partial charge in [-0.25, -0.2) is 4.79 Å². The average Bonchev–Trinajstić information content (AvgIpc) is 3.56. The van der Waals surface area contributed by atoms with Crippen LogP contribution in [0, 0.1) is 25.2 Å². The lowest BCUT2D eigenvalue weighted by Crippen LogP contribution is -2.51. The van der Waals surface area contributed by atoms with E-state index in [1.165, 1.54) is 19.3 Å². The van der Waals surface area contributed by atoms with Gasteiger partial charge in [-0.3, -0.25) is 9.69 Å². The topological polar surface area (TPSA) is 154 Å². The summed E-state index contributed by atoms with van der Waals surface area (Å²) in [7, 11) is 3.17. The number of hydrogen-bond donors (Lipinski definition) is 2. The molecule has 2 N–H and O–H groups in total. The quantitative estimate of drug-likeness (QED) is 0.124. The van der Waals surface area contributed by atoms with E-state index in [1.807, 2.05) is 48.2 Å². The highest BCUT2D eigenvalue weighted by molar-refractivity contribution is 5.91. The SMILES string of the molecule is C=CCOC(=O)Oc1c(C)c2c(c3c1C[C@H]1c4c(cc(C)c(OC)c4O)C[C@H]([N-]C)[C@H](C#N)N1[C@H]3CNC(=O)/C=C/c1ccccc1)OCO2. The highest BCUT2D eigenvalue weighted by Gasteiger charge is 2.48. The Morgan fingerprint density at radius 1 is 1.16 bits per heavy atom. The van der Waals surface area contributed by atoms with Crippen molar-refractivity contribution in [1.82, 2.24) is 10.2 Å². The van der Waals surface area contributed by atoms with Crippen LogP contribution in [0.15, 0.2) is 55.1 Å². The van der Waals surface area contributed by atoms with Crippen LogP contribution < -0.4 is 24.3 Å². The van der Waals surface area contributed by atoms with E-state index in [1.54, 1.807) is 20.0 Å². The van der Waals surface area contributed by atoms with Crippen molar-refractivity contribution in [2.24, 2.45) is 0 Å². The fraction of sp³-hybridized carbons (Fsp3) is 0.342. The van der Waals surface area contributed by atoms with Crippen molar-refractivity contribution in [3.8, 4) is 34.8 Å². The largest absolute Gasteiger partial charge is 0.660 e. The van der Waals surface area contributed by atoms with E-state index < -0.39 is 30.3 Å². The molecule has 3 heterocycles. The number of likely N-dealkylation sites (N-methyl/N-ethyl adjacent to an activating group) is 1. The van der Waals surface area contributed by atoms with Gasteiger partial charge in [0.1, 0.15) is 12.4 Å². The molecule has 0 unspecified atom stereocenters. The average molecular weight is 680 g/mol. The Hall–Kier alpha value is -5.51. The Morgan fingerprint density at radius 3 is 2.62 bits per heavy atom. The van der Waals surface area contributed by atoms with Crippen molar-refractivity contribution in [2.75, 3.05) is 34.1 Å². The van der Waals surface area contributed by atoms with Gasteiger partial charge in [-0.1, -0.05) is 49.1 Å². The van der Waals surface area contributed by atoms with Gasteiger partial charge in [-0.05, 0) is 49.5 Å². The fourth-order valence-corrected chi connectivity index (χ4v) is 7.37. The van der Waals surface area contributed by atoms with Crippen molar-refractivity contribution < 1.29 is 38.4 Å². The van der Waals surface area contributed by atoms with Crippen LogP contribution in [0.4, 0.5) is 4.79 Å². The second kappa shape index (κ2) is 14.5. The maximum absolute atomic E-state index is 13.3. The lowest BCUT2D eigenvalue weighted by molar-refractivity contribution is -0.116. The van der Waals surface area contributed by atoms with Gasteiger partial charge in [0.2, 0.25) is 12.7 Å². The summed E-state index contributed by atoms with van der Waals surface area (Å²) < 4.78 is 28.7. The molecule has 12 heteroatoms. The van der Waals surface area contributed by atoms with Crippen molar-refractivity contribution in [3.05, 3.63) is 99.4 Å². The van der Waals surface area contributed by atoms with E-state index in [0.29, 0.717) is 45.9 Å². The number of nitriles is 1. The minimum atomic E-state index is -0.937. The highest BCUT2D eigenvalue weighted by Crippen LogP contribution is 2.57. The van der Waals surface area contributed by atoms with Crippen molar-refractivity contribution in [3.63, 3.8) is 0 Å². The number of hydrogen-bond acceptors (Lipinski definition) is 10. The summed E-state index contributed by atoms with van der Waals surface area (Å²) >= 11 is 0. The van der Waals surface area contributed by atoms with Gasteiger partial charge in [0.15, 0.2) is 23.0 Å². The number of carbonyl (C=O) groups is 2. The van der Waals surface area contributed by atoms with Crippen molar-refractivity contribution >= 4 is 18.1 Å². The van der Waals surface area contributed by atoms with Gasteiger partial charge in [0, 0.05) is 40.9 Å². The van der Waals surface area contributed by atoms with Crippen LogP contribution in [-0.2, 0) is 22.4 Å². The molecule has 50 heavy (non-hydrogen) atoms. The zero-order valence-corrected chi connectivity index (χ0v) is 28.4. The van der Waals surface area contributed by atoms with E-state index in [9.17, 15) is 20.0 Å². The first-order chi connectivity index (χ1) is 24.2. The first kappa shape index (κ1) is 34.4. The normalized spacial score (nSPS) is 20.5. The van der Waals surface area contributed by atoms with E-state index in [-0.39, 0.29) is 43.8 Å². The van der Waals surface area contributed by atoms with Crippen molar-refractivity contribution in [1.29, 1.82) is 5.26 Å². The van der Waals surface area contributed by atoms with Crippen molar-refractivity contribution in [2.45, 2.75) is 50.9 Å². The highest BCUT2D eigenvalue weighted by atomic mass is 16.7. The maximum Gasteiger partial charge on any atom is 0.514 e. The third-order valence-corrected chi connectivity index (χ3v) is 9.47. The van der Waals surface area contributed by atoms with Gasteiger partial charge in [-0.15, -0.1) is 6.04 Å². The smallest absolute Gasteiger partial charge is 0.514 e. The van der Waals surface area contributed by atoms with Crippen LogP contribution in [0.2, 0.25) is 0 Å². The number of ether oxygens (including phenoxy) is 5. The molecule has 0 aliphatic carbocycles. The first-order valence-corrected chi connectivity index (χ1v) is 16.3. The van der Waals surface area contributed by atoms with Crippen LogP contribution in [-0.4, -0.2) is 68.3 Å². The number of benzene rings is 3. The van der Waals surface area contributed by atoms with E-state index in [0.717, 1.165) is 16.7 Å². The van der Waals surface area contributed by atoms with Crippen LogP contribution in [0.5, 0.6) is 28.7 Å². The molecule has 0 bridgehead atoms. The van der Waals surface area contributed by atoms with E-state index >= 15 is 0 Å². The number of carbonyl (C=O) groups excluding carboxylic acids is 2. The Balaban J connectivity index is 1.55. The Bertz CT molecular complexity index is 1890. The van der Waals surface area contributed by atoms with Gasteiger partial charge < -0.3 is 39.4 Å². The van der Waals surface area contributed by atoms with Crippen LogP contribution in [0.1, 0.15) is 51.0 Å². The molecular weight excluding hydrogens is 640 g/mol. The minimum Gasteiger partial charge on any atom is -0.660 e. The number of nitrogens with one attached hydrogen (secondary N) is 1. The molecule has 0 radical (unpaired) electrons. The Labute approximate surface area is 290 Å². The minimum absolute atomic E-state index is 0.0222. The monoisotopic (exact) mass is 679 g/mol. The van der Waals surface area contributed by atoms with E-state index in [2.05, 4.69) is 23.3 Å². The van der Waals surface area contributed by atoms with Gasteiger partial charge in [0.25, 0.3) is 0 Å². The summed E-state index contributed by atoms with van der Waals surface area (Å²) in [4.78, 5) is 28.3. The number of nitrogens with zero attached hydrogens (tertiary/aromatic N) is 3. The predicted molar refractivity (Wildman–Crippen MR) is 185 cm³/mol. The zero-order valence-electron chi connectivity index (χ0n) is 28.4. The Morgan fingerprint density at radius 2 is 1.92 bits per heavy atom. The number of phenolic OH excluding ortho intramolecular Hbond substituents is 1.